The topological polar surface area (TPSA) is 12.0 Å². The van der Waals surface area contributed by atoms with Gasteiger partial charge in [-0.15, -0.1) is 0 Å². The van der Waals surface area contributed by atoms with Crippen LogP contribution in [0.4, 0.5) is 0 Å². The largest absolute Gasteiger partial charge is 0.314 e. The van der Waals surface area contributed by atoms with Crippen LogP contribution in [-0.4, -0.2) is 12.6 Å². The molecule has 0 fully saturated rings. The van der Waals surface area contributed by atoms with Crippen molar-refractivity contribution < 1.29 is 0 Å². The monoisotopic (exact) mass is 171 g/mol. The van der Waals surface area contributed by atoms with Crippen LogP contribution in [0.1, 0.15) is 47.5 Å². The zero-order chi connectivity index (χ0) is 9.56. The summed E-state index contributed by atoms with van der Waals surface area (Å²) in [6.07, 6.45) is 2.55. The summed E-state index contributed by atoms with van der Waals surface area (Å²) in [5.74, 6) is 1.62. The summed E-state index contributed by atoms with van der Waals surface area (Å²) >= 11 is 0. The third-order valence-electron chi connectivity index (χ3n) is 2.98. The Morgan fingerprint density at radius 1 is 1.00 bits per heavy atom. The van der Waals surface area contributed by atoms with Crippen molar-refractivity contribution in [3.8, 4) is 0 Å². The van der Waals surface area contributed by atoms with Gasteiger partial charge in [0.2, 0.25) is 0 Å². The van der Waals surface area contributed by atoms with Crippen LogP contribution >= 0.6 is 0 Å². The second-order valence-electron chi connectivity index (χ2n) is 4.10. The van der Waals surface area contributed by atoms with E-state index in [2.05, 4.69) is 39.9 Å². The highest BCUT2D eigenvalue weighted by molar-refractivity contribution is 4.68. The molecule has 0 aromatic rings. The van der Waals surface area contributed by atoms with Crippen LogP contribution in [0.25, 0.3) is 0 Å². The average molecular weight is 171 g/mol. The van der Waals surface area contributed by atoms with E-state index < -0.39 is 0 Å². The average Bonchev–Trinajstić information content (AvgIpc) is 2.11. The molecule has 0 aliphatic rings. The lowest BCUT2D eigenvalue weighted by Crippen LogP contribution is -2.34. The molecule has 0 aliphatic carbocycles. The Kier molecular flexibility index (Phi) is 6.45. The SMILES string of the molecule is CCC(C)CNC(C)C(C)CC. The van der Waals surface area contributed by atoms with Gasteiger partial charge in [-0.3, -0.25) is 0 Å². The molecule has 0 saturated heterocycles. The Hall–Kier alpha value is -0.0400. The van der Waals surface area contributed by atoms with Gasteiger partial charge in [-0.25, -0.2) is 0 Å². The van der Waals surface area contributed by atoms with E-state index in [4.69, 9.17) is 0 Å². The second-order valence-corrected chi connectivity index (χ2v) is 4.10. The number of hydrogen-bond donors (Lipinski definition) is 1. The first-order valence-electron chi connectivity index (χ1n) is 5.35. The minimum absolute atomic E-state index is 0.670. The van der Waals surface area contributed by atoms with E-state index in [9.17, 15) is 0 Å². The molecule has 12 heavy (non-hydrogen) atoms. The predicted octanol–water partition coefficient (Wildman–Crippen LogP) is 3.06. The molecule has 0 aliphatic heterocycles. The molecule has 0 aromatic carbocycles. The zero-order valence-corrected chi connectivity index (χ0v) is 9.35. The second kappa shape index (κ2) is 6.47. The lowest BCUT2D eigenvalue weighted by molar-refractivity contribution is 0.362. The lowest BCUT2D eigenvalue weighted by Gasteiger charge is -2.21. The minimum atomic E-state index is 0.670. The van der Waals surface area contributed by atoms with Gasteiger partial charge in [0.05, 0.1) is 0 Å². The van der Waals surface area contributed by atoms with Crippen LogP contribution in [0.2, 0.25) is 0 Å². The smallest absolute Gasteiger partial charge is 0.00643 e. The summed E-state index contributed by atoms with van der Waals surface area (Å²) in [5, 5.41) is 3.58. The molecule has 0 bridgehead atoms. The van der Waals surface area contributed by atoms with Gasteiger partial charge in [0.25, 0.3) is 0 Å². The maximum atomic E-state index is 3.58. The van der Waals surface area contributed by atoms with Crippen LogP contribution in [0.5, 0.6) is 0 Å². The van der Waals surface area contributed by atoms with E-state index in [0.29, 0.717) is 6.04 Å². The van der Waals surface area contributed by atoms with Crippen LogP contribution in [0.3, 0.4) is 0 Å². The van der Waals surface area contributed by atoms with Gasteiger partial charge in [0.15, 0.2) is 0 Å². The van der Waals surface area contributed by atoms with Gasteiger partial charge in [0, 0.05) is 6.04 Å². The van der Waals surface area contributed by atoms with Crippen molar-refractivity contribution in [1.82, 2.24) is 5.32 Å². The van der Waals surface area contributed by atoms with E-state index in [1.807, 2.05) is 0 Å². The summed E-state index contributed by atoms with van der Waals surface area (Å²) in [5.41, 5.74) is 0. The fourth-order valence-corrected chi connectivity index (χ4v) is 1.09. The molecule has 0 saturated carbocycles. The molecule has 3 unspecified atom stereocenters. The lowest BCUT2D eigenvalue weighted by atomic mass is 10.00. The molecule has 0 heterocycles. The first-order valence-corrected chi connectivity index (χ1v) is 5.35. The van der Waals surface area contributed by atoms with Gasteiger partial charge >= 0.3 is 0 Å². The van der Waals surface area contributed by atoms with Gasteiger partial charge < -0.3 is 5.32 Å². The molecule has 0 amide bonds. The van der Waals surface area contributed by atoms with Crippen molar-refractivity contribution in [1.29, 1.82) is 0 Å². The summed E-state index contributed by atoms with van der Waals surface area (Å²) in [4.78, 5) is 0. The summed E-state index contributed by atoms with van der Waals surface area (Å²) in [6, 6.07) is 0.670. The van der Waals surface area contributed by atoms with Crippen molar-refractivity contribution in [2.75, 3.05) is 6.54 Å². The van der Waals surface area contributed by atoms with Crippen LogP contribution < -0.4 is 5.32 Å². The number of hydrogen-bond acceptors (Lipinski definition) is 1. The Morgan fingerprint density at radius 2 is 1.58 bits per heavy atom. The van der Waals surface area contributed by atoms with Crippen molar-refractivity contribution in [2.24, 2.45) is 11.8 Å². The zero-order valence-electron chi connectivity index (χ0n) is 9.35. The van der Waals surface area contributed by atoms with Gasteiger partial charge in [-0.1, -0.05) is 40.5 Å². The Morgan fingerprint density at radius 3 is 2.00 bits per heavy atom. The van der Waals surface area contributed by atoms with Crippen molar-refractivity contribution in [2.45, 2.75) is 53.5 Å². The normalized spacial score (nSPS) is 18.8. The van der Waals surface area contributed by atoms with E-state index in [1.54, 1.807) is 0 Å². The molecule has 1 nitrogen and oxygen atoms in total. The summed E-state index contributed by atoms with van der Waals surface area (Å²) in [6.45, 7) is 12.6. The molecule has 0 aromatic heterocycles. The van der Waals surface area contributed by atoms with E-state index in [1.165, 1.54) is 19.4 Å². The molecular formula is C11H25N. The summed E-state index contributed by atoms with van der Waals surface area (Å²) < 4.78 is 0. The molecule has 1 heteroatoms. The highest BCUT2D eigenvalue weighted by Crippen LogP contribution is 2.07. The Balaban J connectivity index is 3.49. The standard InChI is InChI=1S/C11H25N/c1-6-9(3)8-12-11(5)10(4)7-2/h9-12H,6-8H2,1-5H3. The van der Waals surface area contributed by atoms with Crippen LogP contribution in [0, 0.1) is 11.8 Å². The molecule has 74 valence electrons. The Bertz CT molecular complexity index is 101. The number of rotatable bonds is 6. The van der Waals surface area contributed by atoms with E-state index in [0.717, 1.165) is 11.8 Å². The fourth-order valence-electron chi connectivity index (χ4n) is 1.09. The minimum Gasteiger partial charge on any atom is -0.314 e. The highest BCUT2D eigenvalue weighted by Gasteiger charge is 2.09. The maximum absolute atomic E-state index is 3.58. The van der Waals surface area contributed by atoms with Crippen LogP contribution in [0.15, 0.2) is 0 Å². The van der Waals surface area contributed by atoms with Crippen LogP contribution in [-0.2, 0) is 0 Å². The third-order valence-corrected chi connectivity index (χ3v) is 2.98. The third kappa shape index (κ3) is 4.76. The van der Waals surface area contributed by atoms with E-state index >= 15 is 0 Å². The molecular weight excluding hydrogens is 146 g/mol. The Labute approximate surface area is 77.9 Å². The predicted molar refractivity (Wildman–Crippen MR) is 56.4 cm³/mol. The first kappa shape index (κ1) is 12.0. The molecule has 0 radical (unpaired) electrons. The quantitative estimate of drug-likeness (QED) is 0.647. The molecule has 0 rings (SSSR count). The fraction of sp³-hybridized carbons (Fsp3) is 1.00. The molecule has 3 atom stereocenters. The van der Waals surface area contributed by atoms with Gasteiger partial charge in [-0.2, -0.15) is 0 Å². The maximum Gasteiger partial charge on any atom is 0.00643 e. The molecule has 0 spiro atoms. The summed E-state index contributed by atoms with van der Waals surface area (Å²) in [7, 11) is 0. The highest BCUT2D eigenvalue weighted by atomic mass is 14.9. The van der Waals surface area contributed by atoms with E-state index in [-0.39, 0.29) is 0 Å². The number of nitrogens with one attached hydrogen (secondary N) is 1. The molecule has 1 N–H and O–H groups in total. The van der Waals surface area contributed by atoms with Crippen molar-refractivity contribution in [3.63, 3.8) is 0 Å². The van der Waals surface area contributed by atoms with Gasteiger partial charge in [0.1, 0.15) is 0 Å². The first-order chi connectivity index (χ1) is 5.61. The van der Waals surface area contributed by atoms with Gasteiger partial charge in [-0.05, 0) is 25.3 Å². The van der Waals surface area contributed by atoms with Crippen molar-refractivity contribution >= 4 is 0 Å². The van der Waals surface area contributed by atoms with Crippen molar-refractivity contribution in [3.05, 3.63) is 0 Å².